The van der Waals surface area contributed by atoms with Crippen molar-refractivity contribution in [1.82, 2.24) is 10.3 Å². The van der Waals surface area contributed by atoms with Crippen molar-refractivity contribution >= 4 is 45.7 Å². The van der Waals surface area contributed by atoms with Gasteiger partial charge >= 0.3 is 6.18 Å². The molecular weight excluding hydrogens is 667 g/mol. The number of hydrogen-bond donors (Lipinski definition) is 3. The lowest BCUT2D eigenvalue weighted by atomic mass is 10.0. The Morgan fingerprint density at radius 2 is 1.51 bits per heavy atom. The number of hydrogen-bond acceptors (Lipinski definition) is 8. The number of rotatable bonds is 11. The summed E-state index contributed by atoms with van der Waals surface area (Å²) in [5.41, 5.74) is -1.35. The second-order valence-electron chi connectivity index (χ2n) is 12.4. The molecule has 2 aliphatic rings. The topological polar surface area (TPSA) is 131 Å². The lowest BCUT2D eigenvalue weighted by Crippen LogP contribution is -2.44. The maximum Gasteiger partial charge on any atom is 0.418 e. The molecule has 51 heavy (non-hydrogen) atoms. The largest absolute Gasteiger partial charge is 0.493 e. The number of aromatic nitrogens is 1. The first-order chi connectivity index (χ1) is 24.4. The molecule has 2 fully saturated rings. The van der Waals surface area contributed by atoms with E-state index in [2.05, 4.69) is 27.5 Å². The van der Waals surface area contributed by atoms with Crippen LogP contribution in [0, 0.1) is 5.41 Å². The first-order valence-corrected chi connectivity index (χ1v) is 16.2. The van der Waals surface area contributed by atoms with Crippen LogP contribution in [0.5, 0.6) is 23.0 Å². The van der Waals surface area contributed by atoms with Crippen LogP contribution in [-0.2, 0) is 20.6 Å². The lowest BCUT2D eigenvalue weighted by molar-refractivity contribution is -0.137. The number of pyridine rings is 1. The van der Waals surface area contributed by atoms with E-state index in [1.165, 1.54) is 26.4 Å². The highest BCUT2D eigenvalue weighted by Gasteiger charge is 2.56. The van der Waals surface area contributed by atoms with E-state index in [1.807, 2.05) is 0 Å². The highest BCUT2D eigenvalue weighted by molar-refractivity contribution is 6.17. The molecule has 1 aliphatic heterocycles. The van der Waals surface area contributed by atoms with Crippen molar-refractivity contribution in [3.8, 4) is 23.0 Å². The van der Waals surface area contributed by atoms with Crippen molar-refractivity contribution in [3.63, 3.8) is 0 Å². The summed E-state index contributed by atoms with van der Waals surface area (Å²) in [7, 11) is 3.07. The number of halogens is 3. The Bertz CT molecular complexity index is 1970. The molecule has 14 heteroatoms. The van der Waals surface area contributed by atoms with E-state index in [0.29, 0.717) is 65.5 Å². The molecule has 266 valence electrons. The number of nitrogens with one attached hydrogen (secondary N) is 3. The van der Waals surface area contributed by atoms with Crippen LogP contribution in [0.4, 0.5) is 30.2 Å². The number of carbonyl (C=O) groups is 3. The number of alkyl halides is 3. The zero-order valence-electron chi connectivity index (χ0n) is 27.9. The fourth-order valence-corrected chi connectivity index (χ4v) is 6.09. The van der Waals surface area contributed by atoms with Crippen LogP contribution in [0.3, 0.4) is 0 Å². The van der Waals surface area contributed by atoms with Crippen LogP contribution in [0.1, 0.15) is 31.2 Å². The molecule has 1 saturated heterocycles. The number of ether oxygens (including phenoxy) is 3. The van der Waals surface area contributed by atoms with Crippen LogP contribution in [0.25, 0.3) is 10.9 Å². The van der Waals surface area contributed by atoms with Gasteiger partial charge in [-0.15, -0.1) is 0 Å². The Morgan fingerprint density at radius 3 is 2.12 bits per heavy atom. The molecule has 1 aliphatic carbocycles. The minimum Gasteiger partial charge on any atom is -0.493 e. The van der Waals surface area contributed by atoms with Crippen molar-refractivity contribution in [2.75, 3.05) is 42.8 Å². The fourth-order valence-electron chi connectivity index (χ4n) is 6.09. The third-order valence-electron chi connectivity index (χ3n) is 9.09. The molecule has 4 aromatic rings. The Balaban J connectivity index is 1.10. The minimum absolute atomic E-state index is 0.0163. The Morgan fingerprint density at radius 1 is 0.882 bits per heavy atom. The summed E-state index contributed by atoms with van der Waals surface area (Å²) in [6.45, 7) is 4.03. The van der Waals surface area contributed by atoms with E-state index in [4.69, 9.17) is 14.2 Å². The molecule has 2 heterocycles. The number of methoxy groups -OCH3 is 2. The predicted molar refractivity (Wildman–Crippen MR) is 185 cm³/mol. The zero-order valence-corrected chi connectivity index (χ0v) is 27.9. The molecule has 3 amide bonds. The summed E-state index contributed by atoms with van der Waals surface area (Å²) in [6.07, 6.45) is -0.499. The van der Waals surface area contributed by atoms with Crippen molar-refractivity contribution in [2.24, 2.45) is 5.41 Å². The number of fused-ring (bicyclic) bond motifs is 1. The number of carbonyl (C=O) groups excluding carboxylic acids is 3. The predicted octanol–water partition coefficient (Wildman–Crippen LogP) is 6.69. The molecule has 6 rings (SSSR count). The molecular formula is C37H36F3N5O6. The molecule has 0 spiro atoms. The van der Waals surface area contributed by atoms with Gasteiger partial charge in [0, 0.05) is 53.8 Å². The van der Waals surface area contributed by atoms with Gasteiger partial charge < -0.3 is 35.1 Å². The number of benzene rings is 3. The third kappa shape index (κ3) is 7.54. The van der Waals surface area contributed by atoms with Crippen molar-refractivity contribution in [2.45, 2.75) is 37.9 Å². The van der Waals surface area contributed by atoms with Gasteiger partial charge in [0.1, 0.15) is 16.9 Å². The standard InChI is InChI=1S/C37H36F3N5O6/c1-4-33(46)42-23-12-17-45(18-13-23)29-10-7-24(19-27(29)37(38,39)40)44-35(48)36(14-15-36)34(47)43-22-5-8-25(9-6-22)51-30-11-16-41-28-21-32(50-3)31(49-2)20-26(28)30/h4-11,16,19-21,23H,1,12-15,17-18H2,2-3H3,(H,42,46)(H,43,47)(H,44,48). The summed E-state index contributed by atoms with van der Waals surface area (Å²) in [5, 5.41) is 8.77. The summed E-state index contributed by atoms with van der Waals surface area (Å²) in [6, 6.07) is 15.2. The normalized spacial score (nSPS) is 15.4. The first-order valence-electron chi connectivity index (χ1n) is 16.2. The Kier molecular flexibility index (Phi) is 9.77. The van der Waals surface area contributed by atoms with Crippen LogP contribution in [0.15, 0.2) is 79.5 Å². The molecule has 11 nitrogen and oxygen atoms in total. The van der Waals surface area contributed by atoms with E-state index in [0.717, 1.165) is 12.1 Å². The van der Waals surface area contributed by atoms with Gasteiger partial charge in [0.05, 0.1) is 25.3 Å². The molecule has 0 unspecified atom stereocenters. The van der Waals surface area contributed by atoms with Crippen molar-refractivity contribution in [1.29, 1.82) is 0 Å². The molecule has 3 N–H and O–H groups in total. The van der Waals surface area contributed by atoms with E-state index in [1.54, 1.807) is 53.6 Å². The fraction of sp³-hybridized carbons (Fsp3) is 0.297. The summed E-state index contributed by atoms with van der Waals surface area (Å²) < 4.78 is 59.5. The van der Waals surface area contributed by atoms with E-state index in [9.17, 15) is 27.6 Å². The van der Waals surface area contributed by atoms with E-state index < -0.39 is 29.0 Å². The van der Waals surface area contributed by atoms with Crippen molar-refractivity contribution in [3.05, 3.63) is 85.1 Å². The summed E-state index contributed by atoms with van der Waals surface area (Å²) in [5.74, 6) is 0.468. The van der Waals surface area contributed by atoms with Gasteiger partial charge in [0.15, 0.2) is 11.5 Å². The molecule has 0 atom stereocenters. The number of piperidine rings is 1. The second-order valence-corrected chi connectivity index (χ2v) is 12.4. The number of nitrogens with zero attached hydrogens (tertiary/aromatic N) is 2. The third-order valence-corrected chi connectivity index (χ3v) is 9.09. The number of amides is 3. The van der Waals surface area contributed by atoms with Gasteiger partial charge in [-0.2, -0.15) is 13.2 Å². The highest BCUT2D eigenvalue weighted by Crippen LogP contribution is 2.48. The summed E-state index contributed by atoms with van der Waals surface area (Å²) in [4.78, 5) is 44.2. The van der Waals surface area contributed by atoms with Gasteiger partial charge in [-0.1, -0.05) is 6.58 Å². The van der Waals surface area contributed by atoms with E-state index >= 15 is 0 Å². The smallest absolute Gasteiger partial charge is 0.418 e. The molecule has 3 aromatic carbocycles. The second kappa shape index (κ2) is 14.2. The minimum atomic E-state index is -4.70. The molecule has 0 radical (unpaired) electrons. The van der Waals surface area contributed by atoms with Gasteiger partial charge in [-0.3, -0.25) is 19.4 Å². The van der Waals surface area contributed by atoms with Gasteiger partial charge in [0.25, 0.3) is 0 Å². The molecule has 1 saturated carbocycles. The zero-order chi connectivity index (χ0) is 36.3. The molecule has 1 aromatic heterocycles. The quantitative estimate of drug-likeness (QED) is 0.116. The highest BCUT2D eigenvalue weighted by atomic mass is 19.4. The van der Waals surface area contributed by atoms with Gasteiger partial charge in [-0.05, 0) is 86.4 Å². The van der Waals surface area contributed by atoms with Crippen molar-refractivity contribution < 1.29 is 41.8 Å². The maximum absolute atomic E-state index is 14.2. The van der Waals surface area contributed by atoms with Crippen LogP contribution < -0.4 is 35.1 Å². The molecule has 0 bridgehead atoms. The van der Waals surface area contributed by atoms with Gasteiger partial charge in [-0.25, -0.2) is 0 Å². The SMILES string of the molecule is C=CC(=O)NC1CCN(c2ccc(NC(=O)C3(C(=O)Nc4ccc(Oc5ccnc6cc(OC)c(OC)cc56)cc4)CC3)cc2C(F)(F)F)CC1. The Hall–Kier alpha value is -5.79. The summed E-state index contributed by atoms with van der Waals surface area (Å²) >= 11 is 0. The Labute approximate surface area is 291 Å². The van der Waals surface area contributed by atoms with Gasteiger partial charge in [0.2, 0.25) is 17.7 Å². The number of anilines is 3. The lowest BCUT2D eigenvalue weighted by Gasteiger charge is -2.35. The van der Waals surface area contributed by atoms with Crippen LogP contribution in [0.2, 0.25) is 0 Å². The average molecular weight is 704 g/mol. The van der Waals surface area contributed by atoms with Crippen LogP contribution in [-0.4, -0.2) is 56.1 Å². The maximum atomic E-state index is 14.2. The first kappa shape index (κ1) is 35.1. The van der Waals surface area contributed by atoms with E-state index in [-0.39, 0.29) is 36.2 Å². The van der Waals surface area contributed by atoms with Crippen LogP contribution >= 0.6 is 0 Å². The monoisotopic (exact) mass is 703 g/mol. The average Bonchev–Trinajstić information content (AvgIpc) is 3.95.